The van der Waals surface area contributed by atoms with Crippen LogP contribution in [0.3, 0.4) is 0 Å². The number of alkyl halides is 1. The van der Waals surface area contributed by atoms with Gasteiger partial charge in [0, 0.05) is 12.5 Å². The Balaban J connectivity index is 0.00000109. The van der Waals surface area contributed by atoms with Crippen LogP contribution in [0.1, 0.15) is 69.2 Å². The molecule has 1 aliphatic heterocycles. The summed E-state index contributed by atoms with van der Waals surface area (Å²) in [5.41, 5.74) is -0.178. The van der Waals surface area contributed by atoms with Crippen LogP contribution in [-0.4, -0.2) is 15.7 Å². The zero-order chi connectivity index (χ0) is 20.3. The number of H-pyrrole nitrogens is 1. The second-order valence-corrected chi connectivity index (χ2v) is 7.15. The molecular formula is C21H27F2N3O2. The minimum Gasteiger partial charge on any atom is -0.361 e. The maximum atomic E-state index is 14.8. The fraction of sp³-hybridized carbons (Fsp3) is 0.524. The lowest BCUT2D eigenvalue weighted by Gasteiger charge is -2.31. The molecule has 1 aromatic carbocycles. The van der Waals surface area contributed by atoms with Crippen LogP contribution in [-0.2, 0) is 6.42 Å². The number of rotatable bonds is 2. The molecule has 0 bridgehead atoms. The number of aromatic nitrogens is 2. The first-order valence-electron chi connectivity index (χ1n) is 10.1. The fourth-order valence-corrected chi connectivity index (χ4v) is 4.12. The van der Waals surface area contributed by atoms with Crippen molar-refractivity contribution in [2.75, 3.05) is 5.32 Å². The molecule has 2 aromatic rings. The number of anilines is 1. The molecule has 0 radical (unpaired) electrons. The highest BCUT2D eigenvalue weighted by Gasteiger charge is 2.33. The topological polar surface area (TPSA) is 66.9 Å². The first kappa shape index (κ1) is 20.3. The maximum Gasteiger partial charge on any atom is 0.330 e. The molecule has 2 aliphatic rings. The van der Waals surface area contributed by atoms with Crippen LogP contribution in [0.15, 0.2) is 33.9 Å². The van der Waals surface area contributed by atoms with Crippen LogP contribution < -0.4 is 16.6 Å². The zero-order valence-corrected chi connectivity index (χ0v) is 16.3. The molecule has 2 atom stereocenters. The summed E-state index contributed by atoms with van der Waals surface area (Å²) >= 11 is 0. The largest absolute Gasteiger partial charge is 0.361 e. The molecule has 28 heavy (non-hydrogen) atoms. The monoisotopic (exact) mass is 391 g/mol. The van der Waals surface area contributed by atoms with Gasteiger partial charge in [-0.2, -0.15) is 0 Å². The van der Waals surface area contributed by atoms with Crippen molar-refractivity contribution in [2.24, 2.45) is 0 Å². The number of hydrogen-bond acceptors (Lipinski definition) is 3. The van der Waals surface area contributed by atoms with E-state index in [0.29, 0.717) is 5.56 Å². The second-order valence-electron chi connectivity index (χ2n) is 7.15. The quantitative estimate of drug-likeness (QED) is 0.804. The van der Waals surface area contributed by atoms with Crippen molar-refractivity contribution < 1.29 is 8.78 Å². The summed E-state index contributed by atoms with van der Waals surface area (Å²) in [6.45, 7) is 4.00. The molecule has 0 spiro atoms. The van der Waals surface area contributed by atoms with Gasteiger partial charge in [0.1, 0.15) is 17.8 Å². The van der Waals surface area contributed by atoms with E-state index in [9.17, 15) is 18.4 Å². The molecule has 1 aromatic heterocycles. The first-order valence-corrected chi connectivity index (χ1v) is 10.1. The van der Waals surface area contributed by atoms with Gasteiger partial charge in [-0.15, -0.1) is 0 Å². The molecule has 152 valence electrons. The summed E-state index contributed by atoms with van der Waals surface area (Å²) in [6.07, 6.45) is 3.17. The van der Waals surface area contributed by atoms with Crippen molar-refractivity contribution in [2.45, 2.75) is 70.6 Å². The van der Waals surface area contributed by atoms with Crippen molar-refractivity contribution in [3.05, 3.63) is 62.0 Å². The van der Waals surface area contributed by atoms with Gasteiger partial charge in [-0.3, -0.25) is 14.3 Å². The van der Waals surface area contributed by atoms with Crippen LogP contribution >= 0.6 is 0 Å². The van der Waals surface area contributed by atoms with Crippen LogP contribution in [0.25, 0.3) is 0 Å². The Morgan fingerprint density at radius 2 is 1.82 bits per heavy atom. The van der Waals surface area contributed by atoms with Gasteiger partial charge in [-0.1, -0.05) is 45.2 Å². The number of halogens is 2. The van der Waals surface area contributed by atoms with E-state index in [0.717, 1.165) is 32.1 Å². The summed E-state index contributed by atoms with van der Waals surface area (Å²) in [7, 11) is 0. The van der Waals surface area contributed by atoms with Gasteiger partial charge in [0.05, 0.1) is 11.6 Å². The Morgan fingerprint density at radius 1 is 1.11 bits per heavy atom. The maximum absolute atomic E-state index is 14.8. The molecule has 1 aliphatic carbocycles. The molecule has 7 heteroatoms. The molecule has 4 rings (SSSR count). The molecule has 0 saturated heterocycles. The third kappa shape index (κ3) is 3.88. The molecule has 1 fully saturated rings. The van der Waals surface area contributed by atoms with Crippen LogP contribution in [0, 0.1) is 5.82 Å². The fourth-order valence-electron chi connectivity index (χ4n) is 4.12. The molecule has 1 saturated carbocycles. The van der Waals surface area contributed by atoms with Gasteiger partial charge in [0.2, 0.25) is 0 Å². The zero-order valence-electron chi connectivity index (χ0n) is 16.3. The Hall–Kier alpha value is -2.44. The summed E-state index contributed by atoms with van der Waals surface area (Å²) in [4.78, 5) is 28.1. The van der Waals surface area contributed by atoms with Crippen molar-refractivity contribution in [3.63, 3.8) is 0 Å². The average molecular weight is 391 g/mol. The van der Waals surface area contributed by atoms with Crippen molar-refractivity contribution in [3.8, 4) is 0 Å². The van der Waals surface area contributed by atoms with Crippen molar-refractivity contribution in [1.82, 2.24) is 9.55 Å². The number of fused-ring (bicyclic) bond motifs is 1. The lowest BCUT2D eigenvalue weighted by atomic mass is 9.93. The predicted octanol–water partition coefficient (Wildman–Crippen LogP) is 4.25. The Kier molecular flexibility index (Phi) is 6.31. The third-order valence-corrected chi connectivity index (χ3v) is 5.44. The number of aromatic amines is 1. The smallest absolute Gasteiger partial charge is 0.330 e. The van der Waals surface area contributed by atoms with E-state index in [4.69, 9.17) is 0 Å². The lowest BCUT2D eigenvalue weighted by molar-refractivity contribution is 0.281. The Morgan fingerprint density at radius 3 is 2.50 bits per heavy atom. The Labute approximate surface area is 162 Å². The highest BCUT2D eigenvalue weighted by Crippen LogP contribution is 2.32. The molecule has 2 unspecified atom stereocenters. The highest BCUT2D eigenvalue weighted by atomic mass is 19.1. The summed E-state index contributed by atoms with van der Waals surface area (Å²) in [5, 5.41) is 2.89. The molecular weight excluding hydrogens is 364 g/mol. The van der Waals surface area contributed by atoms with E-state index >= 15 is 0 Å². The first-order chi connectivity index (χ1) is 13.5. The van der Waals surface area contributed by atoms with Crippen molar-refractivity contribution in [1.29, 1.82) is 0 Å². The second kappa shape index (κ2) is 8.71. The van der Waals surface area contributed by atoms with Gasteiger partial charge in [-0.25, -0.2) is 13.6 Å². The standard InChI is InChI=1S/C19H21F2N3O2.C2H6/c20-12-6-4-5-11(9-12)16-15(21)10-14-17(22-16)23-19(26)24(18(14)25)13-7-2-1-3-8-13;1-2/h4-6,9,13,15-16,22H,1-3,7-8,10H2,(H,23,26);1-2H3. The molecule has 5 nitrogen and oxygen atoms in total. The van der Waals surface area contributed by atoms with Gasteiger partial charge in [-0.05, 0) is 30.5 Å². The van der Waals surface area contributed by atoms with E-state index in [1.54, 1.807) is 6.07 Å². The van der Waals surface area contributed by atoms with E-state index < -0.39 is 29.3 Å². The van der Waals surface area contributed by atoms with E-state index in [-0.39, 0.29) is 23.8 Å². The summed E-state index contributed by atoms with van der Waals surface area (Å²) in [6, 6.07) is 4.76. The summed E-state index contributed by atoms with van der Waals surface area (Å²) in [5.74, 6) is -0.210. The van der Waals surface area contributed by atoms with Crippen molar-refractivity contribution >= 4 is 5.82 Å². The van der Waals surface area contributed by atoms with Gasteiger partial charge >= 0.3 is 5.69 Å². The van der Waals surface area contributed by atoms with E-state index in [1.165, 1.54) is 22.8 Å². The Bertz CT molecular complexity index is 932. The number of hydrogen-bond donors (Lipinski definition) is 2. The molecule has 2 heterocycles. The highest BCUT2D eigenvalue weighted by molar-refractivity contribution is 5.49. The predicted molar refractivity (Wildman–Crippen MR) is 106 cm³/mol. The number of nitrogens with zero attached hydrogens (tertiary/aromatic N) is 1. The lowest BCUT2D eigenvalue weighted by Crippen LogP contribution is -2.44. The number of nitrogens with one attached hydrogen (secondary N) is 2. The van der Waals surface area contributed by atoms with Crippen LogP contribution in [0.2, 0.25) is 0 Å². The normalized spacial score (nSPS) is 21.9. The van der Waals surface area contributed by atoms with Gasteiger partial charge < -0.3 is 5.32 Å². The van der Waals surface area contributed by atoms with Crippen LogP contribution in [0.5, 0.6) is 0 Å². The average Bonchev–Trinajstić information content (AvgIpc) is 2.71. The van der Waals surface area contributed by atoms with E-state index in [1.807, 2.05) is 13.8 Å². The minimum atomic E-state index is -1.39. The van der Waals surface area contributed by atoms with Crippen LogP contribution in [0.4, 0.5) is 14.6 Å². The molecule has 2 N–H and O–H groups in total. The molecule has 0 amide bonds. The minimum absolute atomic E-state index is 0.105. The SMILES string of the molecule is CC.O=c1[nH]c2c(c(=O)n1C1CCCCC1)CC(F)C(c1cccc(F)c1)N2. The van der Waals surface area contributed by atoms with Gasteiger partial charge in [0.25, 0.3) is 5.56 Å². The summed E-state index contributed by atoms with van der Waals surface area (Å²) < 4.78 is 29.5. The third-order valence-electron chi connectivity index (χ3n) is 5.44. The van der Waals surface area contributed by atoms with E-state index in [2.05, 4.69) is 10.3 Å². The number of benzene rings is 1. The van der Waals surface area contributed by atoms with Gasteiger partial charge in [0.15, 0.2) is 0 Å².